The van der Waals surface area contributed by atoms with Crippen LogP contribution >= 0.6 is 0 Å². The van der Waals surface area contributed by atoms with Gasteiger partial charge in [0.1, 0.15) is 18.1 Å². The Bertz CT molecular complexity index is 535. The van der Waals surface area contributed by atoms with Crippen molar-refractivity contribution in [1.82, 2.24) is 4.90 Å². The third kappa shape index (κ3) is 2.12. The molecular formula is C15H19NO4. The molecule has 0 aromatic heterocycles. The second kappa shape index (κ2) is 4.66. The third-order valence-electron chi connectivity index (χ3n) is 4.61. The van der Waals surface area contributed by atoms with Crippen molar-refractivity contribution < 1.29 is 19.7 Å². The van der Waals surface area contributed by atoms with E-state index in [0.29, 0.717) is 19.4 Å². The molecule has 5 heteroatoms. The maximum absolute atomic E-state index is 11.3. The summed E-state index contributed by atoms with van der Waals surface area (Å²) in [5.41, 5.74) is 0.482. The zero-order valence-electron chi connectivity index (χ0n) is 11.5. The fraction of sp³-hybridized carbons (Fsp3) is 0.533. The monoisotopic (exact) mass is 277 g/mol. The van der Waals surface area contributed by atoms with Crippen LogP contribution in [0.3, 0.4) is 0 Å². The van der Waals surface area contributed by atoms with Crippen LogP contribution in [0.2, 0.25) is 0 Å². The predicted molar refractivity (Wildman–Crippen MR) is 72.9 cm³/mol. The van der Waals surface area contributed by atoms with Gasteiger partial charge in [0.05, 0.1) is 11.5 Å². The molecule has 1 atom stereocenters. The normalized spacial score (nSPS) is 24.9. The first-order chi connectivity index (χ1) is 9.49. The molecule has 0 bridgehead atoms. The van der Waals surface area contributed by atoms with E-state index in [1.807, 2.05) is 13.0 Å². The molecule has 0 aliphatic carbocycles. The van der Waals surface area contributed by atoms with Crippen LogP contribution < -0.4 is 4.74 Å². The van der Waals surface area contributed by atoms with Gasteiger partial charge in [-0.3, -0.25) is 9.69 Å². The molecule has 0 amide bonds. The van der Waals surface area contributed by atoms with Crippen LogP contribution in [0.4, 0.5) is 0 Å². The van der Waals surface area contributed by atoms with Crippen molar-refractivity contribution in [2.45, 2.75) is 25.8 Å². The first kappa shape index (κ1) is 13.2. The summed E-state index contributed by atoms with van der Waals surface area (Å²) in [4.78, 5) is 13.6. The number of phenolic OH excluding ortho intramolecular Hbond substituents is 1. The molecule has 2 N–H and O–H groups in total. The van der Waals surface area contributed by atoms with E-state index in [-0.39, 0.29) is 11.8 Å². The van der Waals surface area contributed by atoms with Crippen LogP contribution in [0.1, 0.15) is 31.4 Å². The van der Waals surface area contributed by atoms with Gasteiger partial charge in [-0.15, -0.1) is 0 Å². The number of ether oxygens (including phenoxy) is 1. The number of piperidine rings is 1. The molecule has 2 aliphatic rings. The van der Waals surface area contributed by atoms with E-state index >= 15 is 0 Å². The minimum absolute atomic E-state index is 0.170. The third-order valence-corrected chi connectivity index (χ3v) is 4.61. The number of hydrogen-bond acceptors (Lipinski definition) is 4. The topological polar surface area (TPSA) is 70.0 Å². The van der Waals surface area contributed by atoms with Crippen molar-refractivity contribution in [3.05, 3.63) is 23.8 Å². The minimum atomic E-state index is -0.704. The fourth-order valence-corrected chi connectivity index (χ4v) is 3.03. The number of fused-ring (bicyclic) bond motifs is 1. The zero-order chi connectivity index (χ0) is 14.3. The number of nitrogens with zero attached hydrogens (tertiary/aromatic N) is 1. The van der Waals surface area contributed by atoms with Crippen molar-refractivity contribution in [2.75, 3.05) is 19.7 Å². The van der Waals surface area contributed by atoms with Crippen molar-refractivity contribution in [2.24, 2.45) is 5.41 Å². The van der Waals surface area contributed by atoms with E-state index in [1.54, 1.807) is 12.1 Å². The molecule has 1 unspecified atom stereocenters. The van der Waals surface area contributed by atoms with E-state index in [9.17, 15) is 15.0 Å². The van der Waals surface area contributed by atoms with Crippen LogP contribution in [0.25, 0.3) is 0 Å². The summed E-state index contributed by atoms with van der Waals surface area (Å²) < 4.78 is 5.63. The molecule has 0 spiro atoms. The Morgan fingerprint density at radius 1 is 1.40 bits per heavy atom. The van der Waals surface area contributed by atoms with Gasteiger partial charge in [0.2, 0.25) is 0 Å². The predicted octanol–water partition coefficient (Wildman–Crippen LogP) is 2.01. The number of phenols is 1. The van der Waals surface area contributed by atoms with Gasteiger partial charge in [0.25, 0.3) is 0 Å². The fourth-order valence-electron chi connectivity index (χ4n) is 3.03. The minimum Gasteiger partial charge on any atom is -0.508 e. The summed E-state index contributed by atoms with van der Waals surface area (Å²) in [7, 11) is 0. The van der Waals surface area contributed by atoms with E-state index in [1.165, 1.54) is 0 Å². The van der Waals surface area contributed by atoms with Crippen molar-refractivity contribution in [3.8, 4) is 11.5 Å². The number of carboxylic acid groups (broad SMARTS) is 1. The highest BCUT2D eigenvalue weighted by molar-refractivity contribution is 5.74. The lowest BCUT2D eigenvalue weighted by Gasteiger charge is -2.39. The number of aliphatic carboxylic acids is 1. The molecule has 5 nitrogen and oxygen atoms in total. The van der Waals surface area contributed by atoms with E-state index < -0.39 is 11.4 Å². The summed E-state index contributed by atoms with van der Waals surface area (Å²) in [6.45, 7) is 3.92. The zero-order valence-corrected chi connectivity index (χ0v) is 11.5. The lowest BCUT2D eigenvalue weighted by atomic mass is 9.80. The van der Waals surface area contributed by atoms with Gasteiger partial charge in [-0.05, 0) is 45.0 Å². The second-order valence-corrected chi connectivity index (χ2v) is 5.95. The Kier molecular flexibility index (Phi) is 3.09. The largest absolute Gasteiger partial charge is 0.508 e. The molecule has 2 aliphatic heterocycles. The van der Waals surface area contributed by atoms with E-state index in [4.69, 9.17) is 4.74 Å². The molecule has 108 valence electrons. The van der Waals surface area contributed by atoms with Crippen LogP contribution in [-0.4, -0.2) is 40.8 Å². The quantitative estimate of drug-likeness (QED) is 0.865. The Hall–Kier alpha value is -1.75. The first-order valence-electron chi connectivity index (χ1n) is 6.93. The van der Waals surface area contributed by atoms with Gasteiger partial charge in [0.15, 0.2) is 0 Å². The lowest BCUT2D eigenvalue weighted by Crippen LogP contribution is -2.44. The van der Waals surface area contributed by atoms with Crippen molar-refractivity contribution >= 4 is 5.97 Å². The molecule has 1 aromatic rings. The van der Waals surface area contributed by atoms with Gasteiger partial charge in [-0.1, -0.05) is 0 Å². The first-order valence-corrected chi connectivity index (χ1v) is 6.93. The van der Waals surface area contributed by atoms with Gasteiger partial charge in [-0.2, -0.15) is 0 Å². The molecule has 3 rings (SSSR count). The highest BCUT2D eigenvalue weighted by Gasteiger charge is 2.40. The standard InChI is InChI=1S/C15H19NO4/c1-15(14(18)19)4-6-16(7-5-15)12-9-20-13-8-10(17)2-3-11(12)13/h2-3,8,12,17H,4-7,9H2,1H3,(H,18,19). The van der Waals surface area contributed by atoms with Gasteiger partial charge in [0, 0.05) is 11.6 Å². The Balaban J connectivity index is 1.73. The SMILES string of the molecule is CC1(C(=O)O)CCN(C2COc3cc(O)ccc32)CC1. The number of likely N-dealkylation sites (tertiary alicyclic amines) is 1. The number of rotatable bonds is 2. The van der Waals surface area contributed by atoms with Crippen molar-refractivity contribution in [1.29, 1.82) is 0 Å². The maximum atomic E-state index is 11.3. The molecule has 1 saturated heterocycles. The summed E-state index contributed by atoms with van der Waals surface area (Å²) in [5.74, 6) is 0.244. The second-order valence-electron chi connectivity index (χ2n) is 5.95. The summed E-state index contributed by atoms with van der Waals surface area (Å²) in [5, 5.41) is 18.7. The Morgan fingerprint density at radius 3 is 2.75 bits per heavy atom. The van der Waals surface area contributed by atoms with Gasteiger partial charge >= 0.3 is 5.97 Å². The van der Waals surface area contributed by atoms with E-state index in [2.05, 4.69) is 4.90 Å². The number of carboxylic acids is 1. The summed E-state index contributed by atoms with van der Waals surface area (Å²) in [6.07, 6.45) is 1.32. The highest BCUT2D eigenvalue weighted by atomic mass is 16.5. The molecule has 1 aromatic carbocycles. The smallest absolute Gasteiger partial charge is 0.309 e. The summed E-state index contributed by atoms with van der Waals surface area (Å²) >= 11 is 0. The van der Waals surface area contributed by atoms with Crippen LogP contribution in [-0.2, 0) is 4.79 Å². The van der Waals surface area contributed by atoms with Crippen LogP contribution in [0.5, 0.6) is 11.5 Å². The average Bonchev–Trinajstić information content (AvgIpc) is 2.82. The molecular weight excluding hydrogens is 258 g/mol. The molecule has 2 heterocycles. The number of aromatic hydroxyl groups is 1. The number of benzene rings is 1. The molecule has 1 fully saturated rings. The number of hydrogen-bond donors (Lipinski definition) is 2. The Labute approximate surface area is 117 Å². The lowest BCUT2D eigenvalue weighted by molar-refractivity contribution is -0.151. The molecule has 20 heavy (non-hydrogen) atoms. The Morgan fingerprint density at radius 2 is 2.10 bits per heavy atom. The summed E-state index contributed by atoms with van der Waals surface area (Å²) in [6, 6.07) is 5.38. The average molecular weight is 277 g/mol. The molecule has 0 radical (unpaired) electrons. The maximum Gasteiger partial charge on any atom is 0.309 e. The highest BCUT2D eigenvalue weighted by Crippen LogP contribution is 2.41. The van der Waals surface area contributed by atoms with Gasteiger partial charge in [-0.25, -0.2) is 0 Å². The van der Waals surface area contributed by atoms with Crippen molar-refractivity contribution in [3.63, 3.8) is 0 Å². The van der Waals surface area contributed by atoms with Crippen LogP contribution in [0, 0.1) is 5.41 Å². The van der Waals surface area contributed by atoms with Gasteiger partial charge < -0.3 is 14.9 Å². The molecule has 0 saturated carbocycles. The number of carbonyl (C=O) groups is 1. The van der Waals surface area contributed by atoms with Crippen LogP contribution in [0.15, 0.2) is 18.2 Å². The van der Waals surface area contributed by atoms with E-state index in [0.717, 1.165) is 24.4 Å².